The topological polar surface area (TPSA) is 24.9 Å². The highest BCUT2D eigenvalue weighted by molar-refractivity contribution is 6.30. The number of nitrogens with zero attached hydrogens (tertiary/aromatic N) is 1. The molecule has 0 aliphatic carbocycles. The molecule has 1 atom stereocenters. The number of nitrogens with one attached hydrogen (secondary N) is 1. The smallest absolute Gasteiger partial charge is 0.132 e. The van der Waals surface area contributed by atoms with Gasteiger partial charge in [-0.1, -0.05) is 17.7 Å². The van der Waals surface area contributed by atoms with Gasteiger partial charge in [0.05, 0.1) is 0 Å². The average Bonchev–Trinajstić information content (AvgIpc) is 2.62. The van der Waals surface area contributed by atoms with Crippen LogP contribution in [0.25, 0.3) is 0 Å². The van der Waals surface area contributed by atoms with Crippen LogP contribution in [-0.2, 0) is 6.42 Å². The molecule has 1 aromatic heterocycles. The molecular formula is C11H15ClN2. The summed E-state index contributed by atoms with van der Waals surface area (Å²) in [4.78, 5) is 4.25. The van der Waals surface area contributed by atoms with E-state index in [1.54, 1.807) is 0 Å². The predicted molar refractivity (Wildman–Crippen MR) is 58.7 cm³/mol. The number of aromatic nitrogens is 1. The van der Waals surface area contributed by atoms with Crippen molar-refractivity contribution in [3.8, 4) is 0 Å². The van der Waals surface area contributed by atoms with Crippen molar-refractivity contribution < 1.29 is 0 Å². The molecule has 1 fully saturated rings. The van der Waals surface area contributed by atoms with Gasteiger partial charge in [-0.15, -0.1) is 0 Å². The average molecular weight is 211 g/mol. The Morgan fingerprint density at radius 1 is 1.57 bits per heavy atom. The molecule has 14 heavy (non-hydrogen) atoms. The minimum Gasteiger partial charge on any atom is -0.314 e. The number of aryl methyl sites for hydroxylation is 1. The molecule has 76 valence electrons. The molecule has 2 rings (SSSR count). The van der Waals surface area contributed by atoms with E-state index in [1.807, 2.05) is 13.0 Å². The second kappa shape index (κ2) is 4.28. The van der Waals surface area contributed by atoms with Crippen LogP contribution in [0, 0.1) is 6.92 Å². The van der Waals surface area contributed by atoms with Crippen molar-refractivity contribution in [3.05, 3.63) is 28.5 Å². The van der Waals surface area contributed by atoms with Gasteiger partial charge in [-0.05, 0) is 44.4 Å². The number of hydrogen-bond acceptors (Lipinski definition) is 2. The molecule has 1 aliphatic heterocycles. The number of halogens is 1. The highest BCUT2D eigenvalue weighted by atomic mass is 35.5. The first-order valence-corrected chi connectivity index (χ1v) is 5.49. The Balaban J connectivity index is 2.08. The number of hydrogen-bond donors (Lipinski definition) is 1. The van der Waals surface area contributed by atoms with Crippen molar-refractivity contribution in [2.45, 2.75) is 32.2 Å². The lowest BCUT2D eigenvalue weighted by Gasteiger charge is -2.10. The highest BCUT2D eigenvalue weighted by Gasteiger charge is 2.15. The van der Waals surface area contributed by atoms with Gasteiger partial charge in [-0.25, -0.2) is 4.98 Å². The second-order valence-electron chi connectivity index (χ2n) is 3.90. The second-order valence-corrected chi connectivity index (χ2v) is 4.26. The van der Waals surface area contributed by atoms with Crippen LogP contribution in [-0.4, -0.2) is 17.6 Å². The van der Waals surface area contributed by atoms with Gasteiger partial charge in [0.2, 0.25) is 0 Å². The van der Waals surface area contributed by atoms with Crippen LogP contribution in [0.5, 0.6) is 0 Å². The summed E-state index contributed by atoms with van der Waals surface area (Å²) >= 11 is 6.07. The van der Waals surface area contributed by atoms with Crippen molar-refractivity contribution in [2.24, 2.45) is 0 Å². The Morgan fingerprint density at radius 2 is 2.43 bits per heavy atom. The lowest BCUT2D eigenvalue weighted by molar-refractivity contribution is 0.602. The molecular weight excluding hydrogens is 196 g/mol. The van der Waals surface area contributed by atoms with Crippen molar-refractivity contribution in [2.75, 3.05) is 6.54 Å². The summed E-state index contributed by atoms with van der Waals surface area (Å²) in [7, 11) is 0. The molecule has 1 unspecified atom stereocenters. The summed E-state index contributed by atoms with van der Waals surface area (Å²) in [5.74, 6) is 0. The molecule has 0 spiro atoms. The summed E-state index contributed by atoms with van der Waals surface area (Å²) in [5, 5.41) is 4.13. The molecule has 0 saturated carbocycles. The molecule has 0 amide bonds. The van der Waals surface area contributed by atoms with Gasteiger partial charge in [0.25, 0.3) is 0 Å². The summed E-state index contributed by atoms with van der Waals surface area (Å²) in [5.41, 5.74) is 2.15. The third-order valence-corrected chi connectivity index (χ3v) is 3.02. The summed E-state index contributed by atoms with van der Waals surface area (Å²) in [6.45, 7) is 3.10. The van der Waals surface area contributed by atoms with E-state index in [0.29, 0.717) is 11.2 Å². The normalized spacial score (nSPS) is 21.4. The molecule has 0 radical (unpaired) electrons. The molecule has 2 heterocycles. The zero-order valence-electron chi connectivity index (χ0n) is 8.39. The van der Waals surface area contributed by atoms with Gasteiger partial charge < -0.3 is 5.32 Å². The fraction of sp³-hybridized carbons (Fsp3) is 0.545. The van der Waals surface area contributed by atoms with Crippen LogP contribution in [0.4, 0.5) is 0 Å². The van der Waals surface area contributed by atoms with Gasteiger partial charge >= 0.3 is 0 Å². The standard InChI is InChI=1S/C11H15ClN2/c1-8-4-5-9(11(12)14-8)7-10-3-2-6-13-10/h4-5,10,13H,2-3,6-7H2,1H3. The third-order valence-electron chi connectivity index (χ3n) is 2.69. The van der Waals surface area contributed by atoms with Gasteiger partial charge in [0.15, 0.2) is 0 Å². The maximum absolute atomic E-state index is 6.07. The van der Waals surface area contributed by atoms with E-state index in [9.17, 15) is 0 Å². The van der Waals surface area contributed by atoms with E-state index < -0.39 is 0 Å². The monoisotopic (exact) mass is 210 g/mol. The number of rotatable bonds is 2. The summed E-state index contributed by atoms with van der Waals surface area (Å²) < 4.78 is 0. The van der Waals surface area contributed by atoms with Crippen LogP contribution < -0.4 is 5.32 Å². The van der Waals surface area contributed by atoms with Crippen molar-refractivity contribution in [1.82, 2.24) is 10.3 Å². The van der Waals surface area contributed by atoms with E-state index in [1.165, 1.54) is 12.8 Å². The fourth-order valence-electron chi connectivity index (χ4n) is 1.90. The molecule has 0 aromatic carbocycles. The van der Waals surface area contributed by atoms with Crippen LogP contribution in [0.3, 0.4) is 0 Å². The van der Waals surface area contributed by atoms with Crippen molar-refractivity contribution >= 4 is 11.6 Å². The molecule has 1 saturated heterocycles. The van der Waals surface area contributed by atoms with E-state index >= 15 is 0 Å². The first kappa shape index (κ1) is 9.94. The minimum absolute atomic E-state index is 0.594. The van der Waals surface area contributed by atoms with Gasteiger partial charge in [-0.3, -0.25) is 0 Å². The Labute approximate surface area is 89.7 Å². The van der Waals surface area contributed by atoms with E-state index in [-0.39, 0.29) is 0 Å². The first-order valence-electron chi connectivity index (χ1n) is 5.11. The molecule has 1 aliphatic rings. The van der Waals surface area contributed by atoms with Gasteiger partial charge in [0, 0.05) is 11.7 Å². The maximum Gasteiger partial charge on any atom is 0.132 e. The molecule has 1 N–H and O–H groups in total. The lowest BCUT2D eigenvalue weighted by atomic mass is 10.1. The zero-order valence-corrected chi connectivity index (χ0v) is 9.14. The predicted octanol–water partition coefficient (Wildman–Crippen LogP) is 2.34. The minimum atomic E-state index is 0.594. The highest BCUT2D eigenvalue weighted by Crippen LogP contribution is 2.18. The maximum atomic E-state index is 6.07. The number of pyridine rings is 1. The fourth-order valence-corrected chi connectivity index (χ4v) is 2.18. The molecule has 1 aromatic rings. The quantitative estimate of drug-likeness (QED) is 0.758. The first-order chi connectivity index (χ1) is 6.75. The van der Waals surface area contributed by atoms with Crippen molar-refractivity contribution in [1.29, 1.82) is 0 Å². The SMILES string of the molecule is Cc1ccc(CC2CCCN2)c(Cl)n1. The Hall–Kier alpha value is -0.600. The zero-order chi connectivity index (χ0) is 9.97. The van der Waals surface area contributed by atoms with Crippen molar-refractivity contribution in [3.63, 3.8) is 0 Å². The Morgan fingerprint density at radius 3 is 3.07 bits per heavy atom. The van der Waals surface area contributed by atoms with Crippen LogP contribution in [0.1, 0.15) is 24.1 Å². The largest absolute Gasteiger partial charge is 0.314 e. The Kier molecular flexibility index (Phi) is 3.04. The summed E-state index contributed by atoms with van der Waals surface area (Å²) in [6.07, 6.45) is 3.54. The molecule has 0 bridgehead atoms. The molecule has 2 nitrogen and oxygen atoms in total. The van der Waals surface area contributed by atoms with Crippen LogP contribution >= 0.6 is 11.6 Å². The third kappa shape index (κ3) is 2.25. The van der Waals surface area contributed by atoms with Crippen LogP contribution in [0.2, 0.25) is 5.15 Å². The lowest BCUT2D eigenvalue weighted by Crippen LogP contribution is -2.23. The Bertz CT molecular complexity index is 319. The van der Waals surface area contributed by atoms with Gasteiger partial charge in [0.1, 0.15) is 5.15 Å². The summed E-state index contributed by atoms with van der Waals surface area (Å²) in [6, 6.07) is 4.71. The van der Waals surface area contributed by atoms with Crippen LogP contribution in [0.15, 0.2) is 12.1 Å². The van der Waals surface area contributed by atoms with E-state index in [2.05, 4.69) is 16.4 Å². The van der Waals surface area contributed by atoms with E-state index in [0.717, 1.165) is 24.2 Å². The van der Waals surface area contributed by atoms with Gasteiger partial charge in [-0.2, -0.15) is 0 Å². The molecule has 3 heteroatoms. The van der Waals surface area contributed by atoms with E-state index in [4.69, 9.17) is 11.6 Å².